The zero-order valence-electron chi connectivity index (χ0n) is 17.7. The number of rotatable bonds is 16. The molecule has 4 nitrogen and oxygen atoms in total. The number of ether oxygens (including phenoxy) is 1. The minimum atomic E-state index is -0.561. The van der Waals surface area contributed by atoms with Gasteiger partial charge in [0, 0.05) is 6.61 Å². The largest absolute Gasteiger partial charge is 0.396 e. The number of hydrogen-bond donors (Lipinski definition) is 1. The molecule has 155 valence electrons. The summed E-state index contributed by atoms with van der Waals surface area (Å²) in [4.78, 5) is 0. The number of nitrogens with zero attached hydrogens (tertiary/aromatic N) is 1. The van der Waals surface area contributed by atoms with Crippen LogP contribution in [-0.4, -0.2) is 34.6 Å². The van der Waals surface area contributed by atoms with Crippen LogP contribution < -0.4 is 0 Å². The fraction of sp³-hybridized carbons (Fsp3) is 1.00. The average Bonchev–Trinajstić information content (AvgIpc) is 2.85. The molecule has 0 spiro atoms. The Balaban J connectivity index is 2.11. The van der Waals surface area contributed by atoms with Crippen LogP contribution >= 0.6 is 0 Å². The number of aliphatic hydroxyl groups is 1. The number of unbranched alkanes of at least 4 members (excludes halogenated alkanes) is 11. The van der Waals surface area contributed by atoms with Crippen LogP contribution in [-0.2, 0) is 9.94 Å². The van der Waals surface area contributed by atoms with Crippen LogP contribution in [0.5, 0.6) is 0 Å². The number of hydroxylamine groups is 2. The maximum atomic E-state index is 12.8. The van der Waals surface area contributed by atoms with Gasteiger partial charge in [0.25, 0.3) is 0 Å². The highest BCUT2D eigenvalue weighted by molar-refractivity contribution is 4.93. The second kappa shape index (κ2) is 13.1. The van der Waals surface area contributed by atoms with E-state index in [0.29, 0.717) is 13.2 Å². The Kier molecular flexibility index (Phi) is 12.0. The fourth-order valence-corrected chi connectivity index (χ4v) is 4.01. The van der Waals surface area contributed by atoms with Crippen LogP contribution in [0, 0.1) is 0 Å². The second-order valence-corrected chi connectivity index (χ2v) is 8.81. The molecule has 1 aliphatic rings. The zero-order valence-corrected chi connectivity index (χ0v) is 17.7. The lowest BCUT2D eigenvalue weighted by atomic mass is 9.95. The van der Waals surface area contributed by atoms with Crippen LogP contribution in [0.3, 0.4) is 0 Å². The van der Waals surface area contributed by atoms with E-state index in [2.05, 4.69) is 6.92 Å². The molecule has 26 heavy (non-hydrogen) atoms. The molecule has 4 heteroatoms. The smallest absolute Gasteiger partial charge is 0.147 e. The lowest BCUT2D eigenvalue weighted by Gasteiger charge is -2.35. The third-order valence-corrected chi connectivity index (χ3v) is 5.76. The van der Waals surface area contributed by atoms with Crippen LogP contribution in [0.25, 0.3) is 0 Å². The summed E-state index contributed by atoms with van der Waals surface area (Å²) in [6.45, 7) is 7.06. The topological polar surface area (TPSA) is 52.6 Å². The maximum Gasteiger partial charge on any atom is 0.147 e. The minimum absolute atomic E-state index is 0.340. The van der Waals surface area contributed by atoms with Gasteiger partial charge in [0.15, 0.2) is 0 Å². The molecule has 1 radical (unpaired) electrons. The Bertz CT molecular complexity index is 348. The summed E-state index contributed by atoms with van der Waals surface area (Å²) >= 11 is 0. The Morgan fingerprint density at radius 3 is 1.69 bits per heavy atom. The van der Waals surface area contributed by atoms with E-state index in [9.17, 15) is 5.21 Å². The van der Waals surface area contributed by atoms with Gasteiger partial charge in [-0.1, -0.05) is 71.1 Å². The summed E-state index contributed by atoms with van der Waals surface area (Å²) < 4.78 is 6.07. The SMILES string of the molecule is CCCCC1(CCCCCCCCCCCCCO)OCC(C)(C)N1[O]. The molecule has 0 aliphatic carbocycles. The molecule has 1 aliphatic heterocycles. The molecular weight excluding hydrogens is 326 g/mol. The van der Waals surface area contributed by atoms with Crippen molar-refractivity contribution >= 4 is 0 Å². The summed E-state index contributed by atoms with van der Waals surface area (Å²) in [6.07, 6.45) is 17.5. The normalized spacial score (nSPS) is 23.0. The quantitative estimate of drug-likeness (QED) is 0.339. The molecule has 1 heterocycles. The van der Waals surface area contributed by atoms with Gasteiger partial charge in [0.05, 0.1) is 12.1 Å². The Morgan fingerprint density at radius 1 is 0.808 bits per heavy atom. The third kappa shape index (κ3) is 8.24. The van der Waals surface area contributed by atoms with E-state index >= 15 is 0 Å². The first-order valence-electron chi connectivity index (χ1n) is 11.2. The Morgan fingerprint density at radius 2 is 1.27 bits per heavy atom. The van der Waals surface area contributed by atoms with Gasteiger partial charge >= 0.3 is 0 Å². The van der Waals surface area contributed by atoms with E-state index in [1.54, 1.807) is 0 Å². The highest BCUT2D eigenvalue weighted by atomic mass is 16.6. The standard InChI is InChI=1S/C22H44NO3/c1-4-5-17-22(23(25)21(2,3)20-26-22)18-15-13-11-9-7-6-8-10-12-14-16-19-24/h24H,4-20H2,1-3H3. The van der Waals surface area contributed by atoms with Crippen molar-refractivity contribution in [2.75, 3.05) is 13.2 Å². The molecular formula is C22H44NO3. The van der Waals surface area contributed by atoms with E-state index in [1.165, 1.54) is 62.9 Å². The number of aliphatic hydroxyl groups excluding tert-OH is 1. The van der Waals surface area contributed by atoms with Gasteiger partial charge in [-0.2, -0.15) is 0 Å². The Hall–Kier alpha value is -0.160. The predicted molar refractivity (Wildman–Crippen MR) is 107 cm³/mol. The first kappa shape index (κ1) is 23.9. The fourth-order valence-electron chi connectivity index (χ4n) is 4.01. The molecule has 0 saturated carbocycles. The third-order valence-electron chi connectivity index (χ3n) is 5.76. The van der Waals surface area contributed by atoms with Gasteiger partial charge in [-0.05, 0) is 46.0 Å². The van der Waals surface area contributed by atoms with Gasteiger partial charge < -0.3 is 9.84 Å². The Labute approximate surface area is 162 Å². The molecule has 1 rings (SSSR count). The van der Waals surface area contributed by atoms with Crippen LogP contribution in [0.15, 0.2) is 0 Å². The molecule has 1 saturated heterocycles. The monoisotopic (exact) mass is 370 g/mol. The average molecular weight is 371 g/mol. The van der Waals surface area contributed by atoms with E-state index in [-0.39, 0.29) is 5.54 Å². The zero-order chi connectivity index (χ0) is 19.3. The van der Waals surface area contributed by atoms with Crippen LogP contribution in [0.4, 0.5) is 0 Å². The molecule has 0 aromatic rings. The predicted octanol–water partition coefficient (Wildman–Crippen LogP) is 6.00. The van der Waals surface area contributed by atoms with Crippen LogP contribution in [0.1, 0.15) is 117 Å². The summed E-state index contributed by atoms with van der Waals surface area (Å²) in [5.41, 5.74) is -0.945. The second-order valence-electron chi connectivity index (χ2n) is 8.81. The van der Waals surface area contributed by atoms with Crippen molar-refractivity contribution in [2.45, 2.75) is 128 Å². The van der Waals surface area contributed by atoms with Crippen molar-refractivity contribution in [2.24, 2.45) is 0 Å². The lowest BCUT2D eigenvalue weighted by Crippen LogP contribution is -2.49. The molecule has 0 aromatic heterocycles. The van der Waals surface area contributed by atoms with Gasteiger partial charge in [0.2, 0.25) is 0 Å². The van der Waals surface area contributed by atoms with Crippen molar-refractivity contribution in [3.05, 3.63) is 0 Å². The molecule has 1 fully saturated rings. The first-order chi connectivity index (χ1) is 12.5. The van der Waals surface area contributed by atoms with Crippen molar-refractivity contribution in [3.63, 3.8) is 0 Å². The molecule has 0 bridgehead atoms. The molecule has 1 atom stereocenters. The molecule has 1 N–H and O–H groups in total. The van der Waals surface area contributed by atoms with Crippen molar-refractivity contribution < 1.29 is 15.1 Å². The van der Waals surface area contributed by atoms with E-state index in [4.69, 9.17) is 9.84 Å². The highest BCUT2D eigenvalue weighted by Crippen LogP contribution is 2.40. The highest BCUT2D eigenvalue weighted by Gasteiger charge is 2.51. The van der Waals surface area contributed by atoms with Crippen molar-refractivity contribution in [1.82, 2.24) is 5.06 Å². The first-order valence-corrected chi connectivity index (χ1v) is 11.2. The van der Waals surface area contributed by atoms with Crippen molar-refractivity contribution in [1.29, 1.82) is 0 Å². The number of hydrogen-bond acceptors (Lipinski definition) is 3. The van der Waals surface area contributed by atoms with Gasteiger partial charge in [0.1, 0.15) is 5.72 Å². The van der Waals surface area contributed by atoms with Gasteiger partial charge in [-0.15, -0.1) is 10.3 Å². The summed E-state index contributed by atoms with van der Waals surface area (Å²) in [5, 5.41) is 22.8. The van der Waals surface area contributed by atoms with Gasteiger partial charge in [-0.3, -0.25) is 0 Å². The summed E-state index contributed by atoms with van der Waals surface area (Å²) in [5.74, 6) is 0. The summed E-state index contributed by atoms with van der Waals surface area (Å²) in [6, 6.07) is 0. The van der Waals surface area contributed by atoms with E-state index in [1.807, 2.05) is 13.8 Å². The van der Waals surface area contributed by atoms with E-state index in [0.717, 1.165) is 38.5 Å². The molecule has 1 unspecified atom stereocenters. The maximum absolute atomic E-state index is 12.8. The molecule has 0 aromatic carbocycles. The van der Waals surface area contributed by atoms with E-state index < -0.39 is 5.72 Å². The summed E-state index contributed by atoms with van der Waals surface area (Å²) in [7, 11) is 0. The van der Waals surface area contributed by atoms with Crippen molar-refractivity contribution in [3.8, 4) is 0 Å². The minimum Gasteiger partial charge on any atom is -0.396 e. The lowest BCUT2D eigenvalue weighted by molar-refractivity contribution is -0.296. The van der Waals surface area contributed by atoms with Crippen LogP contribution in [0.2, 0.25) is 0 Å². The molecule has 0 amide bonds. The van der Waals surface area contributed by atoms with Gasteiger partial charge in [-0.25, -0.2) is 0 Å².